The molecule has 0 unspecified atom stereocenters. The van der Waals surface area contributed by atoms with Gasteiger partial charge in [-0.2, -0.15) is 0 Å². The summed E-state index contributed by atoms with van der Waals surface area (Å²) in [6.07, 6.45) is 2.50. The smallest absolute Gasteiger partial charge is 0.251 e. The average molecular weight is 235 g/mol. The van der Waals surface area contributed by atoms with Gasteiger partial charge in [0, 0.05) is 12.1 Å². The monoisotopic (exact) mass is 235 g/mol. The van der Waals surface area contributed by atoms with Crippen LogP contribution in [0.4, 0.5) is 0 Å². The van der Waals surface area contributed by atoms with Gasteiger partial charge in [0.1, 0.15) is 5.75 Å². The van der Waals surface area contributed by atoms with E-state index in [1.807, 2.05) is 0 Å². The van der Waals surface area contributed by atoms with E-state index in [1.54, 1.807) is 19.1 Å². The van der Waals surface area contributed by atoms with E-state index in [0.29, 0.717) is 5.56 Å². The van der Waals surface area contributed by atoms with Gasteiger partial charge in [0.25, 0.3) is 5.91 Å². The maximum absolute atomic E-state index is 11.8. The number of benzene rings is 1. The number of nitrogens with one attached hydrogen (secondary N) is 1. The summed E-state index contributed by atoms with van der Waals surface area (Å²) in [5.74, 6) is -0.152. The van der Waals surface area contributed by atoms with Gasteiger partial charge in [-0.25, -0.2) is 0 Å². The highest BCUT2D eigenvalue weighted by molar-refractivity contribution is 5.94. The molecule has 1 amide bonds. The van der Waals surface area contributed by atoms with E-state index in [4.69, 9.17) is 0 Å². The zero-order valence-electron chi connectivity index (χ0n) is 9.86. The first-order chi connectivity index (χ1) is 8.00. The number of aryl methyl sites for hydroxylation is 1. The van der Waals surface area contributed by atoms with Gasteiger partial charge in [-0.1, -0.05) is 6.07 Å². The number of amides is 1. The molecule has 1 aromatic rings. The SMILES string of the molecule is Cc1ccc(C(=O)NCC2(O)CCC2)cc1O. The average Bonchev–Trinajstić information content (AvgIpc) is 2.27. The fourth-order valence-electron chi connectivity index (χ4n) is 1.86. The Hall–Kier alpha value is -1.55. The molecule has 1 aromatic carbocycles. The summed E-state index contributed by atoms with van der Waals surface area (Å²) in [5.41, 5.74) is 0.428. The van der Waals surface area contributed by atoms with Gasteiger partial charge in [-0.15, -0.1) is 0 Å². The maximum Gasteiger partial charge on any atom is 0.251 e. The van der Waals surface area contributed by atoms with Crippen LogP contribution in [0.2, 0.25) is 0 Å². The molecule has 17 heavy (non-hydrogen) atoms. The van der Waals surface area contributed by atoms with Crippen molar-refractivity contribution < 1.29 is 15.0 Å². The molecule has 0 bridgehead atoms. The van der Waals surface area contributed by atoms with Gasteiger partial charge in [-0.3, -0.25) is 4.79 Å². The molecule has 0 aromatic heterocycles. The van der Waals surface area contributed by atoms with E-state index in [0.717, 1.165) is 24.8 Å². The first-order valence-corrected chi connectivity index (χ1v) is 5.80. The Morgan fingerprint density at radius 3 is 2.71 bits per heavy atom. The lowest BCUT2D eigenvalue weighted by atomic mass is 9.80. The second kappa shape index (κ2) is 4.37. The van der Waals surface area contributed by atoms with Gasteiger partial charge in [-0.05, 0) is 43.9 Å². The molecule has 1 aliphatic carbocycles. The van der Waals surface area contributed by atoms with Crippen LogP contribution in [0.25, 0.3) is 0 Å². The fraction of sp³-hybridized carbons (Fsp3) is 0.462. The van der Waals surface area contributed by atoms with Crippen LogP contribution in [-0.2, 0) is 0 Å². The molecule has 92 valence electrons. The molecule has 1 fully saturated rings. The summed E-state index contributed by atoms with van der Waals surface area (Å²) in [6, 6.07) is 4.80. The van der Waals surface area contributed by atoms with Gasteiger partial charge in [0.15, 0.2) is 0 Å². The van der Waals surface area contributed by atoms with E-state index in [9.17, 15) is 15.0 Å². The number of hydrogen-bond donors (Lipinski definition) is 3. The van der Waals surface area contributed by atoms with Gasteiger partial charge >= 0.3 is 0 Å². The minimum Gasteiger partial charge on any atom is -0.508 e. The van der Waals surface area contributed by atoms with Crippen LogP contribution in [0, 0.1) is 6.92 Å². The third-order valence-electron chi connectivity index (χ3n) is 3.33. The van der Waals surface area contributed by atoms with E-state index < -0.39 is 5.60 Å². The van der Waals surface area contributed by atoms with E-state index >= 15 is 0 Å². The predicted octanol–water partition coefficient (Wildman–Crippen LogP) is 1.35. The van der Waals surface area contributed by atoms with Crippen molar-refractivity contribution >= 4 is 5.91 Å². The lowest BCUT2D eigenvalue weighted by Crippen LogP contribution is -2.47. The normalized spacial score (nSPS) is 17.3. The van der Waals surface area contributed by atoms with Crippen molar-refractivity contribution in [2.24, 2.45) is 0 Å². The summed E-state index contributed by atoms with van der Waals surface area (Å²) in [6.45, 7) is 2.05. The van der Waals surface area contributed by atoms with E-state index in [1.165, 1.54) is 6.07 Å². The molecule has 0 radical (unpaired) electrons. The Balaban J connectivity index is 1.97. The van der Waals surface area contributed by atoms with Crippen molar-refractivity contribution in [1.29, 1.82) is 0 Å². The second-order valence-electron chi connectivity index (χ2n) is 4.76. The highest BCUT2D eigenvalue weighted by Gasteiger charge is 2.34. The minimum absolute atomic E-state index is 0.111. The van der Waals surface area contributed by atoms with Crippen molar-refractivity contribution in [3.63, 3.8) is 0 Å². The number of carbonyl (C=O) groups is 1. The molecule has 0 spiro atoms. The Labute approximate surface area is 100 Å². The first-order valence-electron chi connectivity index (χ1n) is 5.80. The molecular weight excluding hydrogens is 218 g/mol. The zero-order valence-corrected chi connectivity index (χ0v) is 9.86. The largest absolute Gasteiger partial charge is 0.508 e. The fourth-order valence-corrected chi connectivity index (χ4v) is 1.86. The van der Waals surface area contributed by atoms with Crippen LogP contribution in [0.15, 0.2) is 18.2 Å². The number of rotatable bonds is 3. The van der Waals surface area contributed by atoms with Crippen molar-refractivity contribution in [3.05, 3.63) is 29.3 Å². The standard InChI is InChI=1S/C13H17NO3/c1-9-3-4-10(7-11(9)15)12(16)14-8-13(17)5-2-6-13/h3-4,7,15,17H,2,5-6,8H2,1H3,(H,14,16). The summed E-state index contributed by atoms with van der Waals surface area (Å²) in [4.78, 5) is 11.8. The minimum atomic E-state index is -0.720. The first kappa shape index (κ1) is 11.9. The number of carbonyl (C=O) groups excluding carboxylic acids is 1. The van der Waals surface area contributed by atoms with Crippen molar-refractivity contribution in [3.8, 4) is 5.75 Å². The van der Waals surface area contributed by atoms with Crippen LogP contribution in [0.5, 0.6) is 5.75 Å². The molecule has 1 saturated carbocycles. The van der Waals surface area contributed by atoms with Crippen LogP contribution < -0.4 is 5.32 Å². The lowest BCUT2D eigenvalue weighted by molar-refractivity contribution is -0.0300. The van der Waals surface area contributed by atoms with Gasteiger partial charge in [0.05, 0.1) is 5.60 Å². The molecule has 0 atom stereocenters. The quantitative estimate of drug-likeness (QED) is 0.740. The van der Waals surface area contributed by atoms with Gasteiger partial charge < -0.3 is 15.5 Å². The van der Waals surface area contributed by atoms with Crippen LogP contribution in [-0.4, -0.2) is 28.3 Å². The Kier molecular flexibility index (Phi) is 3.07. The highest BCUT2D eigenvalue weighted by atomic mass is 16.3. The lowest BCUT2D eigenvalue weighted by Gasteiger charge is -2.36. The number of phenols is 1. The molecule has 0 aliphatic heterocycles. The number of phenolic OH excluding ortho intramolecular Hbond substituents is 1. The molecule has 4 heteroatoms. The van der Waals surface area contributed by atoms with Crippen molar-refractivity contribution in [2.45, 2.75) is 31.8 Å². The number of hydrogen-bond acceptors (Lipinski definition) is 3. The highest BCUT2D eigenvalue weighted by Crippen LogP contribution is 2.30. The Morgan fingerprint density at radius 1 is 1.47 bits per heavy atom. The number of aromatic hydroxyl groups is 1. The molecule has 0 heterocycles. The molecule has 1 aliphatic rings. The third kappa shape index (κ3) is 2.58. The zero-order chi connectivity index (χ0) is 12.5. The van der Waals surface area contributed by atoms with Crippen LogP contribution >= 0.6 is 0 Å². The van der Waals surface area contributed by atoms with Gasteiger partial charge in [0.2, 0.25) is 0 Å². The third-order valence-corrected chi connectivity index (χ3v) is 3.33. The van der Waals surface area contributed by atoms with E-state index in [-0.39, 0.29) is 18.2 Å². The maximum atomic E-state index is 11.8. The van der Waals surface area contributed by atoms with Crippen LogP contribution in [0.1, 0.15) is 35.2 Å². The molecule has 2 rings (SSSR count). The summed E-state index contributed by atoms with van der Waals surface area (Å²) >= 11 is 0. The topological polar surface area (TPSA) is 69.6 Å². The Morgan fingerprint density at radius 2 is 2.18 bits per heavy atom. The van der Waals surface area contributed by atoms with E-state index in [2.05, 4.69) is 5.32 Å². The molecule has 4 nitrogen and oxygen atoms in total. The number of aliphatic hydroxyl groups is 1. The molecule has 3 N–H and O–H groups in total. The predicted molar refractivity (Wildman–Crippen MR) is 64.0 cm³/mol. The summed E-state index contributed by atoms with van der Waals surface area (Å²) < 4.78 is 0. The summed E-state index contributed by atoms with van der Waals surface area (Å²) in [7, 11) is 0. The van der Waals surface area contributed by atoms with Crippen LogP contribution in [0.3, 0.4) is 0 Å². The van der Waals surface area contributed by atoms with Crippen molar-refractivity contribution in [2.75, 3.05) is 6.54 Å². The van der Waals surface area contributed by atoms with Crippen molar-refractivity contribution in [1.82, 2.24) is 5.32 Å². The molecular formula is C13H17NO3. The molecule has 0 saturated heterocycles. The second-order valence-corrected chi connectivity index (χ2v) is 4.76. The summed E-state index contributed by atoms with van der Waals surface area (Å²) in [5, 5.41) is 22.0. The Bertz CT molecular complexity index is 438.